The van der Waals surface area contributed by atoms with Gasteiger partial charge in [-0.3, -0.25) is 9.69 Å². The van der Waals surface area contributed by atoms with E-state index in [9.17, 15) is 4.79 Å². The van der Waals surface area contributed by atoms with E-state index in [1.807, 2.05) is 0 Å². The molecule has 2 fully saturated rings. The number of likely N-dealkylation sites (N-methyl/N-ethyl adjacent to an activating group) is 1. The molecule has 1 atom stereocenters. The van der Waals surface area contributed by atoms with Gasteiger partial charge in [-0.1, -0.05) is 26.2 Å². The molecule has 1 aliphatic carbocycles. The van der Waals surface area contributed by atoms with Crippen LogP contribution in [0.25, 0.3) is 0 Å². The van der Waals surface area contributed by atoms with E-state index in [-0.39, 0.29) is 11.9 Å². The lowest BCUT2D eigenvalue weighted by atomic mass is 9.95. The average Bonchev–Trinajstić information content (AvgIpc) is 2.78. The maximum absolute atomic E-state index is 12.1. The first-order valence-electron chi connectivity index (χ1n) is 6.85. The van der Waals surface area contributed by atoms with Gasteiger partial charge in [-0.25, -0.2) is 0 Å². The Hall–Kier alpha value is -0.570. The highest BCUT2D eigenvalue weighted by Gasteiger charge is 2.30. The summed E-state index contributed by atoms with van der Waals surface area (Å²) in [6.07, 6.45) is 8.51. The van der Waals surface area contributed by atoms with Gasteiger partial charge in [-0.05, 0) is 38.8 Å². The summed E-state index contributed by atoms with van der Waals surface area (Å²) in [6.45, 7) is 4.24. The molecule has 0 spiro atoms. The molecule has 2 rings (SSSR count). The number of amides is 1. The van der Waals surface area contributed by atoms with Crippen molar-refractivity contribution >= 4 is 5.91 Å². The molecule has 0 aromatic heterocycles. The van der Waals surface area contributed by atoms with Gasteiger partial charge in [0.05, 0.1) is 6.04 Å². The van der Waals surface area contributed by atoms with Crippen LogP contribution in [0.2, 0.25) is 0 Å². The number of nitrogens with one attached hydrogen (secondary N) is 1. The molecular formula is C13H24N2O. The number of likely N-dealkylation sites (tertiary alicyclic amines) is 1. The Bertz CT molecular complexity index is 236. The second-order valence-electron chi connectivity index (χ2n) is 5.13. The maximum Gasteiger partial charge on any atom is 0.237 e. The summed E-state index contributed by atoms with van der Waals surface area (Å²) < 4.78 is 0. The molecule has 2 aliphatic rings. The summed E-state index contributed by atoms with van der Waals surface area (Å²) >= 11 is 0. The predicted molar refractivity (Wildman–Crippen MR) is 65.3 cm³/mol. The normalized spacial score (nSPS) is 28.2. The van der Waals surface area contributed by atoms with Crippen LogP contribution in [0, 0.1) is 0 Å². The fraction of sp³-hybridized carbons (Fsp3) is 0.923. The third kappa shape index (κ3) is 2.76. The van der Waals surface area contributed by atoms with Gasteiger partial charge in [-0.15, -0.1) is 0 Å². The van der Waals surface area contributed by atoms with Gasteiger partial charge in [0.15, 0.2) is 0 Å². The van der Waals surface area contributed by atoms with Crippen LogP contribution >= 0.6 is 0 Å². The van der Waals surface area contributed by atoms with Crippen molar-refractivity contribution in [1.29, 1.82) is 0 Å². The van der Waals surface area contributed by atoms with Crippen LogP contribution in [-0.2, 0) is 4.79 Å². The Labute approximate surface area is 98.6 Å². The van der Waals surface area contributed by atoms with Crippen LogP contribution in [0.3, 0.4) is 0 Å². The standard InChI is InChI=1S/C13H24N2O/c1-2-15-10-6-9-12(15)13(16)14-11-7-4-3-5-8-11/h11-12H,2-10H2,1H3,(H,14,16)/t12-/m0/s1. The van der Waals surface area contributed by atoms with E-state index in [4.69, 9.17) is 0 Å². The number of carbonyl (C=O) groups is 1. The molecule has 0 unspecified atom stereocenters. The number of rotatable bonds is 3. The summed E-state index contributed by atoms with van der Waals surface area (Å²) in [7, 11) is 0. The Kier molecular flexibility index (Phi) is 4.22. The largest absolute Gasteiger partial charge is 0.352 e. The maximum atomic E-state index is 12.1. The van der Waals surface area contributed by atoms with Gasteiger partial charge in [0.25, 0.3) is 0 Å². The van der Waals surface area contributed by atoms with Crippen molar-refractivity contribution in [3.8, 4) is 0 Å². The molecule has 16 heavy (non-hydrogen) atoms. The lowest BCUT2D eigenvalue weighted by Crippen LogP contribution is -2.47. The third-order valence-corrected chi connectivity index (χ3v) is 4.02. The molecule has 92 valence electrons. The Morgan fingerprint density at radius 1 is 1.19 bits per heavy atom. The van der Waals surface area contributed by atoms with Crippen molar-refractivity contribution in [2.75, 3.05) is 13.1 Å². The van der Waals surface area contributed by atoms with Gasteiger partial charge in [0.1, 0.15) is 0 Å². The molecule has 1 N–H and O–H groups in total. The second-order valence-corrected chi connectivity index (χ2v) is 5.13. The van der Waals surface area contributed by atoms with E-state index in [1.165, 1.54) is 38.5 Å². The molecule has 1 amide bonds. The molecule has 1 aliphatic heterocycles. The summed E-state index contributed by atoms with van der Waals surface area (Å²) in [5.74, 6) is 0.284. The van der Waals surface area contributed by atoms with Gasteiger partial charge < -0.3 is 5.32 Å². The minimum absolute atomic E-state index is 0.159. The molecule has 0 radical (unpaired) electrons. The van der Waals surface area contributed by atoms with Crippen molar-refractivity contribution in [3.05, 3.63) is 0 Å². The van der Waals surface area contributed by atoms with Crippen LogP contribution in [-0.4, -0.2) is 36.0 Å². The fourth-order valence-corrected chi connectivity index (χ4v) is 3.05. The lowest BCUT2D eigenvalue weighted by Gasteiger charge is -2.27. The summed E-state index contributed by atoms with van der Waals surface area (Å²) in [5, 5.41) is 3.24. The van der Waals surface area contributed by atoms with Crippen LogP contribution in [0.15, 0.2) is 0 Å². The third-order valence-electron chi connectivity index (χ3n) is 4.02. The van der Waals surface area contributed by atoms with E-state index in [0.29, 0.717) is 6.04 Å². The minimum atomic E-state index is 0.159. The van der Waals surface area contributed by atoms with E-state index < -0.39 is 0 Å². The summed E-state index contributed by atoms with van der Waals surface area (Å²) in [5.41, 5.74) is 0. The lowest BCUT2D eigenvalue weighted by molar-refractivity contribution is -0.126. The smallest absolute Gasteiger partial charge is 0.237 e. The number of nitrogens with zero attached hydrogens (tertiary/aromatic N) is 1. The minimum Gasteiger partial charge on any atom is -0.352 e. The monoisotopic (exact) mass is 224 g/mol. The molecule has 0 aromatic rings. The molecular weight excluding hydrogens is 200 g/mol. The first kappa shape index (κ1) is 11.9. The van der Waals surface area contributed by atoms with Crippen molar-refractivity contribution < 1.29 is 4.79 Å². The molecule has 0 bridgehead atoms. The van der Waals surface area contributed by atoms with Crippen molar-refractivity contribution in [1.82, 2.24) is 10.2 Å². The zero-order valence-corrected chi connectivity index (χ0v) is 10.4. The summed E-state index contributed by atoms with van der Waals surface area (Å²) in [6, 6.07) is 0.618. The predicted octanol–water partition coefficient (Wildman–Crippen LogP) is 1.92. The van der Waals surface area contributed by atoms with E-state index in [1.54, 1.807) is 0 Å². The average molecular weight is 224 g/mol. The highest BCUT2D eigenvalue weighted by atomic mass is 16.2. The van der Waals surface area contributed by atoms with Gasteiger partial charge >= 0.3 is 0 Å². The number of hydrogen-bond acceptors (Lipinski definition) is 2. The Balaban J connectivity index is 1.82. The van der Waals surface area contributed by atoms with Crippen molar-refractivity contribution in [2.45, 2.75) is 64.0 Å². The first-order chi connectivity index (χ1) is 7.81. The number of carbonyl (C=O) groups excluding carboxylic acids is 1. The Morgan fingerprint density at radius 2 is 1.94 bits per heavy atom. The SMILES string of the molecule is CCN1CCC[C@H]1C(=O)NC1CCCCC1. The van der Waals surface area contributed by atoms with E-state index in [2.05, 4.69) is 17.1 Å². The van der Waals surface area contributed by atoms with Crippen LogP contribution < -0.4 is 5.32 Å². The fourth-order valence-electron chi connectivity index (χ4n) is 3.05. The molecule has 3 nitrogen and oxygen atoms in total. The Morgan fingerprint density at radius 3 is 2.62 bits per heavy atom. The molecule has 0 aromatic carbocycles. The zero-order chi connectivity index (χ0) is 11.4. The van der Waals surface area contributed by atoms with E-state index in [0.717, 1.165) is 19.5 Å². The molecule has 3 heteroatoms. The van der Waals surface area contributed by atoms with Gasteiger partial charge in [-0.2, -0.15) is 0 Å². The van der Waals surface area contributed by atoms with Gasteiger partial charge in [0.2, 0.25) is 5.91 Å². The number of hydrogen-bond donors (Lipinski definition) is 1. The topological polar surface area (TPSA) is 32.3 Å². The van der Waals surface area contributed by atoms with Crippen LogP contribution in [0.4, 0.5) is 0 Å². The van der Waals surface area contributed by atoms with E-state index >= 15 is 0 Å². The quantitative estimate of drug-likeness (QED) is 0.794. The second kappa shape index (κ2) is 5.67. The van der Waals surface area contributed by atoms with Crippen molar-refractivity contribution in [2.24, 2.45) is 0 Å². The van der Waals surface area contributed by atoms with Crippen molar-refractivity contribution in [3.63, 3.8) is 0 Å². The molecule has 1 saturated heterocycles. The zero-order valence-electron chi connectivity index (χ0n) is 10.4. The van der Waals surface area contributed by atoms with Gasteiger partial charge in [0, 0.05) is 6.04 Å². The summed E-state index contributed by atoms with van der Waals surface area (Å²) in [4.78, 5) is 14.4. The highest BCUT2D eigenvalue weighted by molar-refractivity contribution is 5.82. The first-order valence-corrected chi connectivity index (χ1v) is 6.85. The molecule has 1 saturated carbocycles. The van der Waals surface area contributed by atoms with Crippen LogP contribution in [0.1, 0.15) is 51.9 Å². The van der Waals surface area contributed by atoms with Crippen LogP contribution in [0.5, 0.6) is 0 Å². The molecule has 1 heterocycles. The highest BCUT2D eigenvalue weighted by Crippen LogP contribution is 2.20.